The summed E-state index contributed by atoms with van der Waals surface area (Å²) < 4.78 is 29.1. The number of fused-ring (bicyclic) bond motifs is 1. The highest BCUT2D eigenvalue weighted by Gasteiger charge is 2.15. The Morgan fingerprint density at radius 1 is 1.27 bits per heavy atom. The van der Waals surface area contributed by atoms with E-state index in [1.165, 1.54) is 18.2 Å². The molecule has 5 nitrogen and oxygen atoms in total. The predicted octanol–water partition coefficient (Wildman–Crippen LogP) is 3.23. The molecule has 1 heterocycles. The highest BCUT2D eigenvalue weighted by atomic mass is 79.9. The molecule has 0 aliphatic carbocycles. The van der Waals surface area contributed by atoms with E-state index in [0.29, 0.717) is 16.5 Å². The Morgan fingerprint density at radius 2 is 2.05 bits per heavy atom. The lowest BCUT2D eigenvalue weighted by atomic mass is 10.1. The number of hydrogen-bond acceptors (Lipinski definition) is 5. The number of halogens is 2. The fraction of sp³-hybridized carbons (Fsp3) is 0.333. The van der Waals surface area contributed by atoms with Crippen LogP contribution in [0.1, 0.15) is 23.0 Å². The van der Waals surface area contributed by atoms with Gasteiger partial charge < -0.3 is 13.9 Å². The maximum Gasteiger partial charge on any atom is 0.374 e. The Kier molecular flexibility index (Phi) is 5.54. The van der Waals surface area contributed by atoms with Crippen molar-refractivity contribution in [2.45, 2.75) is 13.3 Å². The third-order valence-electron chi connectivity index (χ3n) is 2.91. The minimum Gasteiger partial charge on any atom is -0.465 e. The Bertz CT molecular complexity index is 695. The van der Waals surface area contributed by atoms with Gasteiger partial charge in [0.15, 0.2) is 0 Å². The van der Waals surface area contributed by atoms with Crippen LogP contribution in [0.25, 0.3) is 11.0 Å². The van der Waals surface area contributed by atoms with Crippen molar-refractivity contribution in [2.24, 2.45) is 0 Å². The second-order valence-corrected chi connectivity index (χ2v) is 4.98. The number of benzene rings is 1. The molecule has 0 saturated heterocycles. The number of esters is 2. The Labute approximate surface area is 134 Å². The molecule has 1 aromatic carbocycles. The van der Waals surface area contributed by atoms with E-state index in [4.69, 9.17) is 13.9 Å². The van der Waals surface area contributed by atoms with Gasteiger partial charge in [-0.15, -0.1) is 0 Å². The van der Waals surface area contributed by atoms with E-state index in [1.807, 2.05) is 0 Å². The molecule has 2 aromatic rings. The summed E-state index contributed by atoms with van der Waals surface area (Å²) in [5.41, 5.74) is 0.728. The zero-order valence-corrected chi connectivity index (χ0v) is 13.4. The van der Waals surface area contributed by atoms with E-state index in [-0.39, 0.29) is 30.7 Å². The number of carbonyl (C=O) groups is 2. The van der Waals surface area contributed by atoms with Crippen molar-refractivity contribution in [3.05, 3.63) is 35.3 Å². The fourth-order valence-corrected chi connectivity index (χ4v) is 2.07. The minimum absolute atomic E-state index is 0.0270. The smallest absolute Gasteiger partial charge is 0.374 e. The fourth-order valence-electron chi connectivity index (χ4n) is 1.91. The van der Waals surface area contributed by atoms with E-state index in [1.54, 1.807) is 6.92 Å². The van der Waals surface area contributed by atoms with E-state index in [2.05, 4.69) is 15.9 Å². The topological polar surface area (TPSA) is 65.7 Å². The molecule has 0 N–H and O–H groups in total. The van der Waals surface area contributed by atoms with Crippen LogP contribution < -0.4 is 0 Å². The molecule has 0 amide bonds. The molecular formula is C15H14BrFO5. The summed E-state index contributed by atoms with van der Waals surface area (Å²) in [5, 5.41) is 0.567. The Balaban J connectivity index is 2.17. The van der Waals surface area contributed by atoms with Crippen molar-refractivity contribution in [1.29, 1.82) is 0 Å². The predicted molar refractivity (Wildman–Crippen MR) is 80.6 cm³/mol. The first-order valence-corrected chi connectivity index (χ1v) is 7.78. The van der Waals surface area contributed by atoms with Crippen LogP contribution in [0.2, 0.25) is 0 Å². The average Bonchev–Trinajstić information content (AvgIpc) is 2.90. The van der Waals surface area contributed by atoms with Gasteiger partial charge in [-0.25, -0.2) is 9.18 Å². The van der Waals surface area contributed by atoms with Gasteiger partial charge >= 0.3 is 11.9 Å². The van der Waals surface area contributed by atoms with Crippen LogP contribution in [0, 0.1) is 5.82 Å². The van der Waals surface area contributed by atoms with Gasteiger partial charge in [-0.05, 0) is 30.7 Å². The molecule has 2 rings (SSSR count). The lowest BCUT2D eigenvalue weighted by Crippen LogP contribution is -2.09. The first kappa shape index (κ1) is 16.5. The SMILES string of the molecule is CCOC(=O)c1cc2cc(F)c(CCOC(=O)CBr)cc2o1. The van der Waals surface area contributed by atoms with Gasteiger partial charge in [0.25, 0.3) is 0 Å². The van der Waals surface area contributed by atoms with Crippen molar-refractivity contribution in [3.63, 3.8) is 0 Å². The van der Waals surface area contributed by atoms with Gasteiger partial charge in [0, 0.05) is 11.8 Å². The standard InChI is InChI=1S/C15H14BrFO5/c1-2-20-15(19)13-7-10-5-11(17)9(6-12(10)22-13)3-4-21-14(18)8-16/h5-7H,2-4,8H2,1H3. The maximum absolute atomic E-state index is 14.0. The molecular weight excluding hydrogens is 359 g/mol. The molecule has 0 aliphatic heterocycles. The summed E-state index contributed by atoms with van der Waals surface area (Å²) in [6, 6.07) is 4.21. The van der Waals surface area contributed by atoms with Crippen LogP contribution in [0.3, 0.4) is 0 Å². The van der Waals surface area contributed by atoms with Gasteiger partial charge in [-0.3, -0.25) is 4.79 Å². The monoisotopic (exact) mass is 372 g/mol. The van der Waals surface area contributed by atoms with Crippen molar-refractivity contribution in [1.82, 2.24) is 0 Å². The summed E-state index contributed by atoms with van der Waals surface area (Å²) in [6.45, 7) is 1.99. The van der Waals surface area contributed by atoms with Crippen molar-refractivity contribution >= 4 is 38.8 Å². The highest BCUT2D eigenvalue weighted by Crippen LogP contribution is 2.24. The molecule has 0 unspecified atom stereocenters. The zero-order valence-electron chi connectivity index (χ0n) is 11.9. The van der Waals surface area contributed by atoms with Crippen molar-refractivity contribution in [2.75, 3.05) is 18.5 Å². The molecule has 0 bridgehead atoms. The van der Waals surface area contributed by atoms with Crippen LogP contribution in [-0.2, 0) is 20.7 Å². The molecule has 0 spiro atoms. The van der Waals surface area contributed by atoms with Crippen LogP contribution in [0.4, 0.5) is 4.39 Å². The molecule has 0 fully saturated rings. The van der Waals surface area contributed by atoms with E-state index in [9.17, 15) is 14.0 Å². The summed E-state index contributed by atoms with van der Waals surface area (Å²) in [4.78, 5) is 22.6. The van der Waals surface area contributed by atoms with E-state index >= 15 is 0 Å². The number of rotatable bonds is 6. The summed E-state index contributed by atoms with van der Waals surface area (Å²) >= 11 is 2.97. The second kappa shape index (κ2) is 7.40. The van der Waals surface area contributed by atoms with Gasteiger partial charge in [0.1, 0.15) is 16.7 Å². The normalized spacial score (nSPS) is 10.7. The number of hydrogen-bond donors (Lipinski definition) is 0. The van der Waals surface area contributed by atoms with Gasteiger partial charge in [-0.2, -0.15) is 0 Å². The summed E-state index contributed by atoms with van der Waals surface area (Å²) in [5.74, 6) is -1.42. The van der Waals surface area contributed by atoms with Crippen LogP contribution >= 0.6 is 15.9 Å². The molecule has 0 atom stereocenters. The van der Waals surface area contributed by atoms with Gasteiger partial charge in [0.05, 0.1) is 13.2 Å². The van der Waals surface area contributed by atoms with E-state index < -0.39 is 17.8 Å². The molecule has 0 radical (unpaired) electrons. The summed E-state index contributed by atoms with van der Waals surface area (Å²) in [7, 11) is 0. The van der Waals surface area contributed by atoms with Crippen molar-refractivity contribution < 1.29 is 27.9 Å². The van der Waals surface area contributed by atoms with Crippen molar-refractivity contribution in [3.8, 4) is 0 Å². The average molecular weight is 373 g/mol. The Hall–Kier alpha value is -1.89. The lowest BCUT2D eigenvalue weighted by molar-refractivity contribution is -0.140. The largest absolute Gasteiger partial charge is 0.465 e. The highest BCUT2D eigenvalue weighted by molar-refractivity contribution is 9.09. The third kappa shape index (κ3) is 3.85. The Morgan fingerprint density at radius 3 is 2.73 bits per heavy atom. The maximum atomic E-state index is 14.0. The van der Waals surface area contributed by atoms with E-state index in [0.717, 1.165) is 0 Å². The molecule has 22 heavy (non-hydrogen) atoms. The third-order valence-corrected chi connectivity index (χ3v) is 3.36. The zero-order chi connectivity index (χ0) is 16.1. The number of ether oxygens (including phenoxy) is 2. The number of carbonyl (C=O) groups excluding carboxylic acids is 2. The first-order valence-electron chi connectivity index (χ1n) is 6.65. The minimum atomic E-state index is -0.591. The quantitative estimate of drug-likeness (QED) is 0.575. The van der Waals surface area contributed by atoms with Crippen LogP contribution in [-0.4, -0.2) is 30.5 Å². The van der Waals surface area contributed by atoms with Gasteiger partial charge in [-0.1, -0.05) is 15.9 Å². The molecule has 1 aromatic heterocycles. The molecule has 7 heteroatoms. The molecule has 0 saturated carbocycles. The van der Waals surface area contributed by atoms with Crippen LogP contribution in [0.15, 0.2) is 22.6 Å². The van der Waals surface area contributed by atoms with Gasteiger partial charge in [0.2, 0.25) is 5.76 Å². The molecule has 118 valence electrons. The second-order valence-electron chi connectivity index (χ2n) is 4.42. The molecule has 0 aliphatic rings. The lowest BCUT2D eigenvalue weighted by Gasteiger charge is -2.04. The number of furan rings is 1. The first-order chi connectivity index (χ1) is 10.5. The number of alkyl halides is 1. The summed E-state index contributed by atoms with van der Waals surface area (Å²) in [6.07, 6.45) is 0.218. The van der Waals surface area contributed by atoms with Crippen LogP contribution in [0.5, 0.6) is 0 Å².